The van der Waals surface area contributed by atoms with Crippen molar-refractivity contribution in [1.82, 2.24) is 0 Å². The van der Waals surface area contributed by atoms with E-state index in [9.17, 15) is 4.79 Å². The molecule has 0 heterocycles. The normalized spacial score (nSPS) is 17.2. The summed E-state index contributed by atoms with van der Waals surface area (Å²) in [6.45, 7) is 6.47. The molecular formula is C33H38O4. The standard InChI is InChI=1S/C33H38O4/c1-3-33(35)37-22-21-36-32-23-30(28-10-6-24(2)7-11-28)18-19-31(32)29-16-14-27(15-17-29)26-12-8-25(9-13-26)5-4-20-34/h3,8-9,12-19,23-24,28,34H,1,4-7,10-11,20-22H2,2H3. The second-order valence-corrected chi connectivity index (χ2v) is 10.0. The van der Waals surface area contributed by atoms with Gasteiger partial charge < -0.3 is 14.6 Å². The number of rotatable bonds is 11. The van der Waals surface area contributed by atoms with Crippen LogP contribution in [0, 0.1) is 5.92 Å². The Morgan fingerprint density at radius 2 is 1.57 bits per heavy atom. The minimum absolute atomic E-state index is 0.183. The molecule has 0 unspecified atom stereocenters. The fourth-order valence-electron chi connectivity index (χ4n) is 5.09. The first-order valence-electron chi connectivity index (χ1n) is 13.4. The maximum atomic E-state index is 11.4. The zero-order valence-corrected chi connectivity index (χ0v) is 21.8. The summed E-state index contributed by atoms with van der Waals surface area (Å²) in [5, 5.41) is 9.05. The van der Waals surface area contributed by atoms with Gasteiger partial charge in [0.05, 0.1) is 0 Å². The quantitative estimate of drug-likeness (QED) is 0.171. The second kappa shape index (κ2) is 13.3. The Hall–Kier alpha value is -3.37. The molecule has 0 aliphatic heterocycles. The van der Waals surface area contributed by atoms with Gasteiger partial charge in [0.25, 0.3) is 0 Å². The Kier molecular flexibility index (Phi) is 9.56. The summed E-state index contributed by atoms with van der Waals surface area (Å²) >= 11 is 0. The van der Waals surface area contributed by atoms with Crippen molar-refractivity contribution in [2.45, 2.75) is 51.4 Å². The second-order valence-electron chi connectivity index (χ2n) is 10.0. The molecule has 0 saturated heterocycles. The highest BCUT2D eigenvalue weighted by molar-refractivity contribution is 5.81. The summed E-state index contributed by atoms with van der Waals surface area (Å²) in [5.74, 6) is 1.76. The van der Waals surface area contributed by atoms with Gasteiger partial charge in [-0.3, -0.25) is 0 Å². The number of hydrogen-bond donors (Lipinski definition) is 1. The lowest BCUT2D eigenvalue weighted by atomic mass is 9.79. The van der Waals surface area contributed by atoms with Crippen molar-refractivity contribution in [2.75, 3.05) is 19.8 Å². The summed E-state index contributed by atoms with van der Waals surface area (Å²) in [7, 11) is 0. The van der Waals surface area contributed by atoms with E-state index in [0.29, 0.717) is 12.5 Å². The van der Waals surface area contributed by atoms with E-state index in [1.165, 1.54) is 48.4 Å². The van der Waals surface area contributed by atoms with E-state index >= 15 is 0 Å². The molecule has 1 aliphatic rings. The maximum Gasteiger partial charge on any atom is 0.330 e. The van der Waals surface area contributed by atoms with E-state index < -0.39 is 5.97 Å². The van der Waals surface area contributed by atoms with Crippen LogP contribution in [-0.2, 0) is 16.0 Å². The zero-order valence-electron chi connectivity index (χ0n) is 21.8. The third kappa shape index (κ3) is 7.33. The Morgan fingerprint density at radius 1 is 0.919 bits per heavy atom. The van der Waals surface area contributed by atoms with Crippen LogP contribution in [0.5, 0.6) is 5.75 Å². The Labute approximate surface area is 221 Å². The van der Waals surface area contributed by atoms with Crippen molar-refractivity contribution < 1.29 is 19.4 Å². The molecule has 3 aromatic carbocycles. The van der Waals surface area contributed by atoms with Gasteiger partial charge in [-0.2, -0.15) is 0 Å². The molecule has 4 heteroatoms. The van der Waals surface area contributed by atoms with Gasteiger partial charge in [0.2, 0.25) is 0 Å². The van der Waals surface area contributed by atoms with Crippen molar-refractivity contribution in [3.63, 3.8) is 0 Å². The van der Waals surface area contributed by atoms with Crippen LogP contribution in [0.3, 0.4) is 0 Å². The molecule has 37 heavy (non-hydrogen) atoms. The predicted octanol–water partition coefficient (Wildman–Crippen LogP) is 7.35. The molecule has 0 bridgehead atoms. The van der Waals surface area contributed by atoms with Crippen molar-refractivity contribution >= 4 is 5.97 Å². The lowest BCUT2D eigenvalue weighted by Crippen LogP contribution is -2.12. The van der Waals surface area contributed by atoms with Gasteiger partial charge in [0.1, 0.15) is 19.0 Å². The molecule has 0 aromatic heterocycles. The Morgan fingerprint density at radius 3 is 2.22 bits per heavy atom. The molecule has 194 valence electrons. The Bertz CT molecular complexity index is 1160. The number of carbonyl (C=O) groups is 1. The van der Waals surface area contributed by atoms with Crippen LogP contribution in [0.4, 0.5) is 0 Å². The highest BCUT2D eigenvalue weighted by Crippen LogP contribution is 2.40. The van der Waals surface area contributed by atoms with Gasteiger partial charge in [-0.25, -0.2) is 4.79 Å². The third-order valence-electron chi connectivity index (χ3n) is 7.35. The van der Waals surface area contributed by atoms with Crippen LogP contribution in [-0.4, -0.2) is 30.9 Å². The van der Waals surface area contributed by atoms with E-state index in [4.69, 9.17) is 14.6 Å². The van der Waals surface area contributed by atoms with Crippen molar-refractivity contribution in [3.05, 3.63) is 90.5 Å². The summed E-state index contributed by atoms with van der Waals surface area (Å²) in [6.07, 6.45) is 7.80. The smallest absolute Gasteiger partial charge is 0.330 e. The van der Waals surface area contributed by atoms with Crippen LogP contribution in [0.15, 0.2) is 79.4 Å². The van der Waals surface area contributed by atoms with Crippen LogP contribution in [0.2, 0.25) is 0 Å². The number of esters is 1. The molecule has 1 N–H and O–H groups in total. The molecule has 4 rings (SSSR count). The highest BCUT2D eigenvalue weighted by atomic mass is 16.6. The van der Waals surface area contributed by atoms with Crippen LogP contribution >= 0.6 is 0 Å². The van der Waals surface area contributed by atoms with E-state index in [1.807, 2.05) is 0 Å². The molecule has 1 aliphatic carbocycles. The topological polar surface area (TPSA) is 55.8 Å². The van der Waals surface area contributed by atoms with E-state index in [2.05, 4.69) is 80.2 Å². The maximum absolute atomic E-state index is 11.4. The summed E-state index contributed by atoms with van der Waals surface area (Å²) in [6, 6.07) is 23.7. The molecule has 1 saturated carbocycles. The summed E-state index contributed by atoms with van der Waals surface area (Å²) in [5.41, 5.74) is 7.01. The average Bonchev–Trinajstić information content (AvgIpc) is 2.95. The molecule has 0 spiro atoms. The lowest BCUT2D eigenvalue weighted by Gasteiger charge is -2.27. The number of aryl methyl sites for hydroxylation is 1. The Balaban J connectivity index is 1.53. The largest absolute Gasteiger partial charge is 0.489 e. The summed E-state index contributed by atoms with van der Waals surface area (Å²) < 4.78 is 11.3. The minimum Gasteiger partial charge on any atom is -0.489 e. The molecule has 0 radical (unpaired) electrons. The van der Waals surface area contributed by atoms with E-state index in [1.54, 1.807) is 0 Å². The van der Waals surface area contributed by atoms with Crippen molar-refractivity contribution in [3.8, 4) is 28.0 Å². The summed E-state index contributed by atoms with van der Waals surface area (Å²) in [4.78, 5) is 11.4. The number of benzene rings is 3. The predicted molar refractivity (Wildman–Crippen MR) is 150 cm³/mol. The number of aliphatic hydroxyl groups is 1. The first kappa shape index (κ1) is 26.7. The molecular weight excluding hydrogens is 460 g/mol. The SMILES string of the molecule is C=CC(=O)OCCOc1cc(C2CCC(C)CC2)ccc1-c1ccc(-c2ccc(CCCO)cc2)cc1. The number of aliphatic hydroxyl groups excluding tert-OH is 1. The van der Waals surface area contributed by atoms with Gasteiger partial charge in [-0.05, 0) is 71.4 Å². The zero-order chi connectivity index (χ0) is 26.0. The first-order valence-corrected chi connectivity index (χ1v) is 13.4. The molecule has 3 aromatic rings. The number of carbonyl (C=O) groups excluding carboxylic acids is 1. The lowest BCUT2D eigenvalue weighted by molar-refractivity contribution is -0.138. The highest BCUT2D eigenvalue weighted by Gasteiger charge is 2.21. The third-order valence-corrected chi connectivity index (χ3v) is 7.35. The van der Waals surface area contributed by atoms with E-state index in [0.717, 1.165) is 41.2 Å². The monoisotopic (exact) mass is 498 g/mol. The molecule has 0 amide bonds. The van der Waals surface area contributed by atoms with Crippen LogP contribution in [0.1, 0.15) is 56.1 Å². The van der Waals surface area contributed by atoms with Gasteiger partial charge in [-0.15, -0.1) is 0 Å². The van der Waals surface area contributed by atoms with Gasteiger partial charge in [0, 0.05) is 18.2 Å². The molecule has 4 nitrogen and oxygen atoms in total. The van der Waals surface area contributed by atoms with Gasteiger partial charge in [0.15, 0.2) is 0 Å². The van der Waals surface area contributed by atoms with Crippen LogP contribution < -0.4 is 4.74 Å². The van der Waals surface area contributed by atoms with Crippen molar-refractivity contribution in [2.24, 2.45) is 5.92 Å². The first-order chi connectivity index (χ1) is 18.1. The average molecular weight is 499 g/mol. The minimum atomic E-state index is -0.439. The van der Waals surface area contributed by atoms with E-state index in [-0.39, 0.29) is 13.2 Å². The molecule has 0 atom stereocenters. The fourth-order valence-corrected chi connectivity index (χ4v) is 5.09. The van der Waals surface area contributed by atoms with Gasteiger partial charge >= 0.3 is 5.97 Å². The van der Waals surface area contributed by atoms with Gasteiger partial charge in [-0.1, -0.05) is 87.0 Å². The fraction of sp³-hybridized carbons (Fsp3) is 0.364. The number of ether oxygens (including phenoxy) is 2. The number of hydrogen-bond acceptors (Lipinski definition) is 4. The molecule has 1 fully saturated rings. The van der Waals surface area contributed by atoms with Crippen LogP contribution in [0.25, 0.3) is 22.3 Å². The van der Waals surface area contributed by atoms with Crippen molar-refractivity contribution in [1.29, 1.82) is 0 Å².